The zero-order chi connectivity index (χ0) is 21.8. The quantitative estimate of drug-likeness (QED) is 0.636. The first kappa shape index (κ1) is 20.3. The van der Waals surface area contributed by atoms with Gasteiger partial charge < -0.3 is 15.1 Å². The summed E-state index contributed by atoms with van der Waals surface area (Å²) in [6, 6.07) is 17.8. The van der Waals surface area contributed by atoms with Crippen molar-refractivity contribution in [2.24, 2.45) is 10.8 Å². The molecule has 2 amide bonds. The molecule has 0 spiro atoms. The molecule has 0 saturated heterocycles. The molecule has 0 bridgehead atoms. The Balaban J connectivity index is 1.62. The van der Waals surface area contributed by atoms with Gasteiger partial charge in [-0.3, -0.25) is 14.6 Å². The van der Waals surface area contributed by atoms with Crippen molar-refractivity contribution >= 4 is 23.2 Å². The Morgan fingerprint density at radius 1 is 1.06 bits per heavy atom. The third-order valence-electron chi connectivity index (χ3n) is 5.01. The second kappa shape index (κ2) is 8.83. The minimum atomic E-state index is -0.827. The van der Waals surface area contributed by atoms with Crippen LogP contribution in [0.3, 0.4) is 0 Å². The van der Waals surface area contributed by atoms with E-state index in [9.17, 15) is 14.0 Å². The van der Waals surface area contributed by atoms with E-state index in [1.165, 1.54) is 29.3 Å². The summed E-state index contributed by atoms with van der Waals surface area (Å²) < 4.78 is 18.7. The fourth-order valence-electron chi connectivity index (χ4n) is 3.47. The fourth-order valence-corrected chi connectivity index (χ4v) is 3.47. The van der Waals surface area contributed by atoms with Crippen LogP contribution in [0.1, 0.15) is 17.7 Å². The average Bonchev–Trinajstić information content (AvgIpc) is 3.44. The van der Waals surface area contributed by atoms with E-state index in [0.29, 0.717) is 18.0 Å². The minimum Gasteiger partial charge on any atom is -0.467 e. The number of primary amides is 1. The molecular weight excluding hydrogens is 399 g/mol. The highest BCUT2D eigenvalue weighted by atomic mass is 19.1. The lowest BCUT2D eigenvalue weighted by Crippen LogP contribution is -2.40. The van der Waals surface area contributed by atoms with Gasteiger partial charge in [0.2, 0.25) is 5.91 Å². The summed E-state index contributed by atoms with van der Waals surface area (Å²) in [5.74, 6) is -0.719. The number of benzene rings is 2. The smallest absolute Gasteiger partial charge is 0.270 e. The van der Waals surface area contributed by atoms with Gasteiger partial charge in [-0.05, 0) is 42.0 Å². The summed E-state index contributed by atoms with van der Waals surface area (Å²) in [6.45, 7) is 0.592. The van der Waals surface area contributed by atoms with Crippen molar-refractivity contribution in [2.75, 3.05) is 5.01 Å². The van der Waals surface area contributed by atoms with Gasteiger partial charge in [0.15, 0.2) is 0 Å². The van der Waals surface area contributed by atoms with Gasteiger partial charge in [-0.15, -0.1) is 0 Å². The topological polar surface area (TPSA) is 92.1 Å². The molecule has 2 aromatic carbocycles. The van der Waals surface area contributed by atoms with E-state index in [1.807, 2.05) is 30.3 Å². The van der Waals surface area contributed by atoms with Crippen molar-refractivity contribution in [1.82, 2.24) is 4.90 Å². The standard InChI is InChI=1S/C23H21FN4O3/c24-17-8-10-18(11-9-17)28-21(22(25)29)13-20(26-28)23(30)27(15-19-7-4-12-31-19)14-16-5-2-1-3-6-16/h1-12,21H,13-15H2,(H2,25,29). The van der Waals surface area contributed by atoms with E-state index in [4.69, 9.17) is 10.2 Å². The highest BCUT2D eigenvalue weighted by molar-refractivity contribution is 6.40. The molecule has 0 radical (unpaired) electrons. The largest absolute Gasteiger partial charge is 0.467 e. The van der Waals surface area contributed by atoms with Crippen molar-refractivity contribution in [3.63, 3.8) is 0 Å². The molecule has 0 fully saturated rings. The molecule has 8 heteroatoms. The van der Waals surface area contributed by atoms with E-state index in [1.54, 1.807) is 23.3 Å². The summed E-state index contributed by atoms with van der Waals surface area (Å²) in [4.78, 5) is 27.0. The SMILES string of the molecule is NC(=O)C1CC(C(=O)N(Cc2ccccc2)Cc2ccco2)=NN1c1ccc(F)cc1. The van der Waals surface area contributed by atoms with Crippen LogP contribution < -0.4 is 10.7 Å². The predicted octanol–water partition coefficient (Wildman–Crippen LogP) is 3.07. The van der Waals surface area contributed by atoms with Crippen LogP contribution in [0.5, 0.6) is 0 Å². The molecule has 0 aliphatic carbocycles. The maximum Gasteiger partial charge on any atom is 0.270 e. The van der Waals surface area contributed by atoms with Crippen molar-refractivity contribution in [3.05, 3.63) is 90.1 Å². The first-order valence-corrected chi connectivity index (χ1v) is 9.78. The zero-order valence-corrected chi connectivity index (χ0v) is 16.6. The van der Waals surface area contributed by atoms with E-state index < -0.39 is 17.8 Å². The molecule has 1 unspecified atom stereocenters. The molecule has 1 aromatic heterocycles. The molecule has 4 rings (SSSR count). The third-order valence-corrected chi connectivity index (χ3v) is 5.01. The molecule has 2 heterocycles. The molecule has 7 nitrogen and oxygen atoms in total. The van der Waals surface area contributed by atoms with E-state index in [-0.39, 0.29) is 24.6 Å². The second-order valence-corrected chi connectivity index (χ2v) is 7.22. The number of carbonyl (C=O) groups is 2. The Labute approximate surface area is 178 Å². The Hall–Kier alpha value is -3.94. The van der Waals surface area contributed by atoms with Crippen molar-refractivity contribution in [3.8, 4) is 0 Å². The predicted molar refractivity (Wildman–Crippen MR) is 113 cm³/mol. The first-order chi connectivity index (χ1) is 15.0. The second-order valence-electron chi connectivity index (χ2n) is 7.22. The number of rotatable bonds is 7. The van der Waals surface area contributed by atoms with Crippen LogP contribution in [0.15, 0.2) is 82.5 Å². The van der Waals surface area contributed by atoms with Crippen LogP contribution in [0.2, 0.25) is 0 Å². The minimum absolute atomic E-state index is 0.0645. The Kier molecular flexibility index (Phi) is 5.79. The van der Waals surface area contributed by atoms with Crippen LogP contribution in [-0.4, -0.2) is 28.5 Å². The zero-order valence-electron chi connectivity index (χ0n) is 16.6. The number of nitrogens with zero attached hydrogens (tertiary/aromatic N) is 3. The van der Waals surface area contributed by atoms with Gasteiger partial charge in [0.05, 0.1) is 18.5 Å². The number of carbonyl (C=O) groups excluding carboxylic acids is 2. The molecule has 0 saturated carbocycles. The van der Waals surface area contributed by atoms with Gasteiger partial charge in [0.25, 0.3) is 5.91 Å². The highest BCUT2D eigenvalue weighted by Crippen LogP contribution is 2.26. The van der Waals surface area contributed by atoms with Gasteiger partial charge in [-0.2, -0.15) is 5.10 Å². The van der Waals surface area contributed by atoms with Crippen LogP contribution in [0.4, 0.5) is 10.1 Å². The molecule has 1 aliphatic heterocycles. The number of furan rings is 1. The van der Waals surface area contributed by atoms with Crippen molar-refractivity contribution in [2.45, 2.75) is 25.6 Å². The molecule has 31 heavy (non-hydrogen) atoms. The van der Waals surface area contributed by atoms with Crippen LogP contribution in [0, 0.1) is 5.82 Å². The van der Waals surface area contributed by atoms with Crippen LogP contribution >= 0.6 is 0 Å². The lowest BCUT2D eigenvalue weighted by molar-refractivity contribution is -0.125. The molecule has 2 N–H and O–H groups in total. The third kappa shape index (κ3) is 4.63. The average molecular weight is 420 g/mol. The maximum absolute atomic E-state index is 13.4. The Bertz CT molecular complexity index is 1080. The van der Waals surface area contributed by atoms with Crippen molar-refractivity contribution < 1.29 is 18.4 Å². The summed E-state index contributed by atoms with van der Waals surface area (Å²) in [7, 11) is 0. The Morgan fingerprint density at radius 3 is 2.45 bits per heavy atom. The number of hydrogen-bond donors (Lipinski definition) is 1. The molecule has 3 aromatic rings. The molecule has 158 valence electrons. The summed E-state index contributed by atoms with van der Waals surface area (Å²) >= 11 is 0. The van der Waals surface area contributed by atoms with Crippen LogP contribution in [-0.2, 0) is 22.7 Å². The van der Waals surface area contributed by atoms with E-state index >= 15 is 0 Å². The summed E-state index contributed by atoms with van der Waals surface area (Å²) in [5, 5.41) is 5.76. The lowest BCUT2D eigenvalue weighted by Gasteiger charge is -2.21. The maximum atomic E-state index is 13.4. The molecule has 1 atom stereocenters. The van der Waals surface area contributed by atoms with Gasteiger partial charge >= 0.3 is 0 Å². The van der Waals surface area contributed by atoms with Gasteiger partial charge in [0.1, 0.15) is 23.3 Å². The fraction of sp³-hybridized carbons (Fsp3) is 0.174. The van der Waals surface area contributed by atoms with E-state index in [2.05, 4.69) is 5.10 Å². The number of amides is 2. The monoisotopic (exact) mass is 420 g/mol. The lowest BCUT2D eigenvalue weighted by atomic mass is 10.1. The molecular formula is C23H21FN4O3. The number of halogens is 1. The molecule has 1 aliphatic rings. The summed E-state index contributed by atoms with van der Waals surface area (Å²) in [5.41, 5.74) is 7.19. The van der Waals surface area contributed by atoms with E-state index in [0.717, 1.165) is 5.56 Å². The number of hydrazone groups is 1. The van der Waals surface area contributed by atoms with Crippen molar-refractivity contribution in [1.29, 1.82) is 0 Å². The summed E-state index contributed by atoms with van der Waals surface area (Å²) in [6.07, 6.45) is 1.61. The number of nitrogens with two attached hydrogens (primary N) is 1. The van der Waals surface area contributed by atoms with Crippen LogP contribution in [0.25, 0.3) is 0 Å². The van der Waals surface area contributed by atoms with Gasteiger partial charge in [-0.1, -0.05) is 30.3 Å². The number of anilines is 1. The van der Waals surface area contributed by atoms with Gasteiger partial charge in [0, 0.05) is 13.0 Å². The Morgan fingerprint density at radius 2 is 1.81 bits per heavy atom. The number of hydrogen-bond acceptors (Lipinski definition) is 5. The first-order valence-electron chi connectivity index (χ1n) is 9.78. The van der Waals surface area contributed by atoms with Gasteiger partial charge in [-0.25, -0.2) is 4.39 Å². The normalized spacial score (nSPS) is 15.6. The highest BCUT2D eigenvalue weighted by Gasteiger charge is 2.36.